The molecule has 2 heterocycles. The summed E-state index contributed by atoms with van der Waals surface area (Å²) < 4.78 is 6.52. The van der Waals surface area contributed by atoms with Crippen molar-refractivity contribution in [2.45, 2.75) is 58.6 Å². The molecule has 1 aliphatic heterocycles. The average molecular weight is 520 g/mol. The fourth-order valence-electron chi connectivity index (χ4n) is 4.23. The number of para-hydroxylation sites is 1. The van der Waals surface area contributed by atoms with E-state index in [-0.39, 0.29) is 36.5 Å². The van der Waals surface area contributed by atoms with Crippen LogP contribution in [0, 0.1) is 6.92 Å². The lowest BCUT2D eigenvalue weighted by Gasteiger charge is -2.24. The second-order valence-electron chi connectivity index (χ2n) is 10.1. The van der Waals surface area contributed by atoms with Crippen molar-refractivity contribution in [2.24, 2.45) is 0 Å². The Labute approximate surface area is 218 Å². The van der Waals surface area contributed by atoms with E-state index in [0.29, 0.717) is 28.3 Å². The maximum absolute atomic E-state index is 13.3. The number of aromatic nitrogens is 2. The Balaban J connectivity index is 1.49. The summed E-state index contributed by atoms with van der Waals surface area (Å²) in [5, 5.41) is 7.96. The number of imide groups is 1. The van der Waals surface area contributed by atoms with Crippen molar-refractivity contribution in [1.29, 1.82) is 0 Å². The molecule has 0 aliphatic carbocycles. The standard InChI is InChI=1S/C27H29N5O6/c1-15-28-23-18(25(36)32(15)20-12-13-21(33)31-24(20)35)6-5-7-19(23)30-22(34)14-16-8-10-17(11-9-16)29-26(37)38-27(2,3)4/h5-11,20H,12-14H2,1-4H3,(H,29,37)(H,30,34)(H,31,33,35). The van der Waals surface area contributed by atoms with Crippen LogP contribution in [-0.4, -0.2) is 39.0 Å². The molecule has 4 rings (SSSR count). The molecular weight excluding hydrogens is 490 g/mol. The van der Waals surface area contributed by atoms with Gasteiger partial charge in [-0.05, 0) is 63.9 Å². The first-order chi connectivity index (χ1) is 17.9. The number of piperidine rings is 1. The molecule has 1 saturated heterocycles. The largest absolute Gasteiger partial charge is 0.444 e. The average Bonchev–Trinajstić information content (AvgIpc) is 2.81. The SMILES string of the molecule is Cc1nc2c(NC(=O)Cc3ccc(NC(=O)OC(C)(C)C)cc3)cccc2c(=O)n1C1CCC(=O)NC1=O. The Morgan fingerprint density at radius 1 is 1.08 bits per heavy atom. The van der Waals surface area contributed by atoms with Crippen LogP contribution in [-0.2, 0) is 25.5 Å². The van der Waals surface area contributed by atoms with E-state index in [2.05, 4.69) is 20.9 Å². The Kier molecular flexibility index (Phi) is 7.29. The lowest BCUT2D eigenvalue weighted by atomic mass is 10.1. The van der Waals surface area contributed by atoms with Crippen molar-refractivity contribution >= 4 is 46.1 Å². The zero-order valence-corrected chi connectivity index (χ0v) is 21.6. The molecule has 198 valence electrons. The molecule has 1 fully saturated rings. The van der Waals surface area contributed by atoms with Crippen LogP contribution >= 0.6 is 0 Å². The third kappa shape index (κ3) is 6.05. The molecule has 38 heavy (non-hydrogen) atoms. The number of hydrogen-bond acceptors (Lipinski definition) is 7. The molecule has 3 N–H and O–H groups in total. The molecule has 1 unspecified atom stereocenters. The molecule has 4 amide bonds. The third-order valence-electron chi connectivity index (χ3n) is 5.87. The molecular formula is C27H29N5O6. The molecule has 3 aromatic rings. The molecule has 1 aromatic heterocycles. The van der Waals surface area contributed by atoms with Gasteiger partial charge >= 0.3 is 6.09 Å². The van der Waals surface area contributed by atoms with Crippen molar-refractivity contribution < 1.29 is 23.9 Å². The van der Waals surface area contributed by atoms with Crippen LogP contribution in [0.15, 0.2) is 47.3 Å². The fraction of sp³-hybridized carbons (Fsp3) is 0.333. The van der Waals surface area contributed by atoms with Gasteiger partial charge in [-0.25, -0.2) is 9.78 Å². The van der Waals surface area contributed by atoms with Gasteiger partial charge in [-0.15, -0.1) is 0 Å². The van der Waals surface area contributed by atoms with Crippen molar-refractivity contribution in [3.63, 3.8) is 0 Å². The summed E-state index contributed by atoms with van der Waals surface area (Å²) in [5.41, 5.74) is 0.877. The van der Waals surface area contributed by atoms with Crippen LogP contribution in [0.25, 0.3) is 10.9 Å². The summed E-state index contributed by atoms with van der Waals surface area (Å²) in [5.74, 6) is -0.931. The number of amides is 4. The highest BCUT2D eigenvalue weighted by Crippen LogP contribution is 2.24. The topological polar surface area (TPSA) is 148 Å². The highest BCUT2D eigenvalue weighted by atomic mass is 16.6. The number of benzene rings is 2. The van der Waals surface area contributed by atoms with Crippen LogP contribution in [0.3, 0.4) is 0 Å². The van der Waals surface area contributed by atoms with Gasteiger partial charge in [0.2, 0.25) is 17.7 Å². The third-order valence-corrected chi connectivity index (χ3v) is 5.87. The molecule has 0 saturated carbocycles. The lowest BCUT2D eigenvalue weighted by Crippen LogP contribution is -2.45. The summed E-state index contributed by atoms with van der Waals surface area (Å²) in [6, 6.07) is 10.8. The van der Waals surface area contributed by atoms with Gasteiger partial charge in [0.25, 0.3) is 5.56 Å². The number of ether oxygens (including phenoxy) is 1. The number of nitrogens with zero attached hydrogens (tertiary/aromatic N) is 2. The Morgan fingerprint density at radius 3 is 2.45 bits per heavy atom. The fourth-order valence-corrected chi connectivity index (χ4v) is 4.23. The highest BCUT2D eigenvalue weighted by Gasteiger charge is 2.30. The highest BCUT2D eigenvalue weighted by molar-refractivity contribution is 6.01. The first kappa shape index (κ1) is 26.5. The van der Waals surface area contributed by atoms with Gasteiger partial charge in [-0.2, -0.15) is 0 Å². The zero-order chi connectivity index (χ0) is 27.6. The molecule has 11 nitrogen and oxygen atoms in total. The minimum Gasteiger partial charge on any atom is -0.444 e. The van der Waals surface area contributed by atoms with Crippen LogP contribution < -0.4 is 21.5 Å². The van der Waals surface area contributed by atoms with Gasteiger partial charge in [-0.3, -0.25) is 34.4 Å². The molecule has 11 heteroatoms. The molecule has 2 aromatic carbocycles. The minimum absolute atomic E-state index is 0.0510. The first-order valence-electron chi connectivity index (χ1n) is 12.2. The van der Waals surface area contributed by atoms with Crippen LogP contribution in [0.5, 0.6) is 0 Å². The van der Waals surface area contributed by atoms with Crippen molar-refractivity contribution in [3.05, 3.63) is 64.2 Å². The van der Waals surface area contributed by atoms with E-state index >= 15 is 0 Å². The van der Waals surface area contributed by atoms with Gasteiger partial charge in [0, 0.05) is 12.1 Å². The van der Waals surface area contributed by atoms with Crippen molar-refractivity contribution in [2.75, 3.05) is 10.6 Å². The van der Waals surface area contributed by atoms with Gasteiger partial charge in [0.05, 0.1) is 17.5 Å². The lowest BCUT2D eigenvalue weighted by molar-refractivity contribution is -0.135. The van der Waals surface area contributed by atoms with E-state index in [1.807, 2.05) is 0 Å². The van der Waals surface area contributed by atoms with Crippen molar-refractivity contribution in [3.8, 4) is 0 Å². The zero-order valence-electron chi connectivity index (χ0n) is 21.6. The number of anilines is 2. The van der Waals surface area contributed by atoms with Gasteiger partial charge in [0.15, 0.2) is 0 Å². The number of fused-ring (bicyclic) bond motifs is 1. The van der Waals surface area contributed by atoms with Crippen LogP contribution in [0.4, 0.5) is 16.2 Å². The summed E-state index contributed by atoms with van der Waals surface area (Å²) in [6.45, 7) is 6.93. The molecule has 0 radical (unpaired) electrons. The van der Waals surface area contributed by atoms with E-state index in [1.54, 1.807) is 70.2 Å². The maximum Gasteiger partial charge on any atom is 0.412 e. The molecule has 1 aliphatic rings. The second kappa shape index (κ2) is 10.4. The number of hydrogen-bond donors (Lipinski definition) is 3. The Hall–Kier alpha value is -4.54. The van der Waals surface area contributed by atoms with Gasteiger partial charge in [0.1, 0.15) is 23.0 Å². The number of aryl methyl sites for hydroxylation is 1. The molecule has 0 spiro atoms. The quantitative estimate of drug-likeness (QED) is 0.438. The number of nitrogens with one attached hydrogen (secondary N) is 3. The monoisotopic (exact) mass is 519 g/mol. The van der Waals surface area contributed by atoms with E-state index in [1.165, 1.54) is 4.57 Å². The normalized spacial score (nSPS) is 15.6. The van der Waals surface area contributed by atoms with Gasteiger partial charge < -0.3 is 10.1 Å². The minimum atomic E-state index is -0.830. The molecule has 1 atom stereocenters. The number of rotatable bonds is 5. The van der Waals surface area contributed by atoms with E-state index in [0.717, 1.165) is 0 Å². The Bertz CT molecular complexity index is 1490. The van der Waals surface area contributed by atoms with E-state index < -0.39 is 29.2 Å². The predicted octanol–water partition coefficient (Wildman–Crippen LogP) is 3.21. The number of carbonyl (C=O) groups is 4. The summed E-state index contributed by atoms with van der Waals surface area (Å²) in [6.07, 6.45) is -0.177. The Morgan fingerprint density at radius 2 is 1.79 bits per heavy atom. The summed E-state index contributed by atoms with van der Waals surface area (Å²) >= 11 is 0. The van der Waals surface area contributed by atoms with Crippen molar-refractivity contribution in [1.82, 2.24) is 14.9 Å². The smallest absolute Gasteiger partial charge is 0.412 e. The van der Waals surface area contributed by atoms with E-state index in [9.17, 15) is 24.0 Å². The second-order valence-corrected chi connectivity index (χ2v) is 10.1. The van der Waals surface area contributed by atoms with Crippen LogP contribution in [0.2, 0.25) is 0 Å². The molecule has 0 bridgehead atoms. The van der Waals surface area contributed by atoms with Crippen LogP contribution in [0.1, 0.15) is 51.0 Å². The maximum atomic E-state index is 13.3. The van der Waals surface area contributed by atoms with E-state index in [4.69, 9.17) is 4.74 Å². The predicted molar refractivity (Wildman–Crippen MR) is 141 cm³/mol. The summed E-state index contributed by atoms with van der Waals surface area (Å²) in [7, 11) is 0. The number of carbonyl (C=O) groups excluding carboxylic acids is 4. The van der Waals surface area contributed by atoms with Gasteiger partial charge in [-0.1, -0.05) is 18.2 Å². The first-order valence-corrected chi connectivity index (χ1v) is 12.2. The summed E-state index contributed by atoms with van der Waals surface area (Å²) in [4.78, 5) is 66.4.